The molecule has 1 heterocycles. The van der Waals surface area contributed by atoms with Gasteiger partial charge in [0.2, 0.25) is 5.91 Å². The Kier molecular flexibility index (Phi) is 7.61. The first-order chi connectivity index (χ1) is 15.4. The number of nitrogens with one attached hydrogen (secondary N) is 2. The lowest BCUT2D eigenvalue weighted by Crippen LogP contribution is -2.28. The van der Waals surface area contributed by atoms with E-state index in [0.29, 0.717) is 28.8 Å². The van der Waals surface area contributed by atoms with E-state index in [1.807, 2.05) is 24.5 Å². The summed E-state index contributed by atoms with van der Waals surface area (Å²) in [6.45, 7) is 4.33. The summed E-state index contributed by atoms with van der Waals surface area (Å²) in [6.07, 6.45) is 0. The first kappa shape index (κ1) is 23.0. The van der Waals surface area contributed by atoms with Gasteiger partial charge in [-0.05, 0) is 44.2 Å². The number of benzene rings is 2. The van der Waals surface area contributed by atoms with Gasteiger partial charge >= 0.3 is 5.97 Å². The summed E-state index contributed by atoms with van der Waals surface area (Å²) in [5, 5.41) is 23.6. The third-order valence-corrected chi connectivity index (χ3v) is 5.52. The molecule has 0 radical (unpaired) electrons. The largest absolute Gasteiger partial charge is 0.478 e. The first-order valence-electron chi connectivity index (χ1n) is 9.94. The van der Waals surface area contributed by atoms with Crippen LogP contribution in [0.4, 0.5) is 5.69 Å². The summed E-state index contributed by atoms with van der Waals surface area (Å²) in [6, 6.07) is 14.6. The highest BCUT2D eigenvalue weighted by Crippen LogP contribution is 2.21. The molecule has 3 aromatic rings. The first-order valence-corrected chi connectivity index (χ1v) is 10.9. The number of aromatic nitrogens is 3. The van der Waals surface area contributed by atoms with Crippen LogP contribution < -0.4 is 10.6 Å². The minimum atomic E-state index is -1.06. The number of amides is 2. The molecule has 10 heteroatoms. The van der Waals surface area contributed by atoms with Crippen molar-refractivity contribution < 1.29 is 19.5 Å². The number of rotatable bonds is 9. The summed E-state index contributed by atoms with van der Waals surface area (Å²) in [7, 11) is 0. The summed E-state index contributed by atoms with van der Waals surface area (Å²) in [5.74, 6) is -0.905. The van der Waals surface area contributed by atoms with Gasteiger partial charge in [-0.1, -0.05) is 36.0 Å². The number of carbonyl (C=O) groups is 3. The Morgan fingerprint density at radius 2 is 1.78 bits per heavy atom. The lowest BCUT2D eigenvalue weighted by atomic mass is 10.2. The van der Waals surface area contributed by atoms with Crippen LogP contribution in [0.25, 0.3) is 0 Å². The molecule has 2 aromatic carbocycles. The van der Waals surface area contributed by atoms with Gasteiger partial charge < -0.3 is 20.3 Å². The second kappa shape index (κ2) is 10.6. The third-order valence-electron chi connectivity index (χ3n) is 4.56. The minimum absolute atomic E-state index is 0.0696. The molecular weight excluding hydrogens is 430 g/mol. The second-order valence-electron chi connectivity index (χ2n) is 6.87. The Morgan fingerprint density at radius 1 is 1.06 bits per heavy atom. The van der Waals surface area contributed by atoms with Crippen LogP contribution in [0.1, 0.15) is 46.4 Å². The number of hydrogen-bond acceptors (Lipinski definition) is 6. The lowest BCUT2D eigenvalue weighted by molar-refractivity contribution is -0.113. The number of carboxylic acids is 1. The predicted molar refractivity (Wildman–Crippen MR) is 121 cm³/mol. The van der Waals surface area contributed by atoms with E-state index in [2.05, 4.69) is 20.8 Å². The van der Waals surface area contributed by atoms with Crippen molar-refractivity contribution in [3.8, 4) is 0 Å². The molecule has 0 unspecified atom stereocenters. The monoisotopic (exact) mass is 453 g/mol. The Labute approximate surface area is 189 Å². The zero-order valence-corrected chi connectivity index (χ0v) is 18.4. The topological polar surface area (TPSA) is 126 Å². The summed E-state index contributed by atoms with van der Waals surface area (Å²) < 4.78 is 1.85. The molecule has 0 bridgehead atoms. The molecule has 2 amide bonds. The van der Waals surface area contributed by atoms with Crippen LogP contribution in [0.3, 0.4) is 0 Å². The van der Waals surface area contributed by atoms with Gasteiger partial charge in [-0.15, -0.1) is 10.2 Å². The summed E-state index contributed by atoms with van der Waals surface area (Å²) in [5.41, 5.74) is 1.06. The van der Waals surface area contributed by atoms with Crippen molar-refractivity contribution in [2.75, 3.05) is 11.1 Å². The van der Waals surface area contributed by atoms with E-state index in [-0.39, 0.29) is 29.2 Å². The number of thioether (sulfide) groups is 1. The van der Waals surface area contributed by atoms with E-state index in [4.69, 9.17) is 5.11 Å². The molecule has 0 aliphatic rings. The predicted octanol–water partition coefficient (Wildman–Crippen LogP) is 3.22. The van der Waals surface area contributed by atoms with Crippen LogP contribution in [-0.2, 0) is 11.3 Å². The SMILES string of the molecule is CCn1c(SCC(=O)Nc2cccc(C(=O)O)c2)nnc1[C@H](C)NC(=O)c1ccccc1. The fraction of sp³-hybridized carbons (Fsp3) is 0.227. The van der Waals surface area contributed by atoms with Crippen LogP contribution in [0.2, 0.25) is 0 Å². The molecule has 0 saturated carbocycles. The van der Waals surface area contributed by atoms with Gasteiger partial charge in [0.1, 0.15) is 0 Å². The second-order valence-corrected chi connectivity index (χ2v) is 7.81. The third kappa shape index (κ3) is 5.73. The van der Waals surface area contributed by atoms with Crippen LogP contribution in [-0.4, -0.2) is 43.4 Å². The summed E-state index contributed by atoms with van der Waals surface area (Å²) >= 11 is 1.21. The van der Waals surface area contributed by atoms with Crippen molar-refractivity contribution in [3.05, 3.63) is 71.5 Å². The molecule has 1 aromatic heterocycles. The lowest BCUT2D eigenvalue weighted by Gasteiger charge is -2.15. The molecule has 3 N–H and O–H groups in total. The number of hydrogen-bond donors (Lipinski definition) is 3. The van der Waals surface area contributed by atoms with Gasteiger partial charge in [-0.25, -0.2) is 4.79 Å². The molecule has 0 aliphatic heterocycles. The van der Waals surface area contributed by atoms with E-state index >= 15 is 0 Å². The van der Waals surface area contributed by atoms with E-state index in [9.17, 15) is 14.4 Å². The van der Waals surface area contributed by atoms with E-state index in [1.54, 1.807) is 36.4 Å². The molecule has 0 aliphatic carbocycles. The molecule has 3 rings (SSSR count). The Hall–Kier alpha value is -3.66. The van der Waals surface area contributed by atoms with Gasteiger partial charge in [0.05, 0.1) is 17.4 Å². The maximum Gasteiger partial charge on any atom is 0.335 e. The van der Waals surface area contributed by atoms with Crippen molar-refractivity contribution in [1.82, 2.24) is 20.1 Å². The molecular formula is C22H23N5O4S. The maximum absolute atomic E-state index is 12.4. The standard InChI is InChI=1S/C22H23N5O4S/c1-3-27-19(14(2)23-20(29)15-8-5-4-6-9-15)25-26-22(27)32-13-18(28)24-17-11-7-10-16(12-17)21(30)31/h4-12,14H,3,13H2,1-2H3,(H,23,29)(H,24,28)(H,30,31)/t14-/m0/s1. The number of carboxylic acid groups (broad SMARTS) is 1. The van der Waals surface area contributed by atoms with E-state index in [1.165, 1.54) is 23.9 Å². The normalized spacial score (nSPS) is 11.6. The molecule has 166 valence electrons. The van der Waals surface area contributed by atoms with Crippen molar-refractivity contribution >= 4 is 35.2 Å². The van der Waals surface area contributed by atoms with Crippen molar-refractivity contribution in [2.24, 2.45) is 0 Å². The molecule has 0 spiro atoms. The van der Waals surface area contributed by atoms with Crippen molar-refractivity contribution in [3.63, 3.8) is 0 Å². The van der Waals surface area contributed by atoms with Crippen molar-refractivity contribution in [1.29, 1.82) is 0 Å². The van der Waals surface area contributed by atoms with Crippen LogP contribution in [0.5, 0.6) is 0 Å². The van der Waals surface area contributed by atoms with Gasteiger partial charge in [0.25, 0.3) is 5.91 Å². The van der Waals surface area contributed by atoms with Crippen LogP contribution in [0.15, 0.2) is 59.8 Å². The molecule has 9 nitrogen and oxygen atoms in total. The Bertz CT molecular complexity index is 1120. The highest BCUT2D eigenvalue weighted by Gasteiger charge is 2.20. The Morgan fingerprint density at radius 3 is 2.47 bits per heavy atom. The zero-order valence-electron chi connectivity index (χ0n) is 17.6. The average Bonchev–Trinajstić information content (AvgIpc) is 3.21. The molecule has 32 heavy (non-hydrogen) atoms. The van der Waals surface area contributed by atoms with Crippen LogP contribution >= 0.6 is 11.8 Å². The van der Waals surface area contributed by atoms with E-state index < -0.39 is 5.97 Å². The number of aromatic carboxylic acids is 1. The van der Waals surface area contributed by atoms with Crippen LogP contribution in [0, 0.1) is 0 Å². The minimum Gasteiger partial charge on any atom is -0.478 e. The van der Waals surface area contributed by atoms with Gasteiger partial charge in [-0.3, -0.25) is 9.59 Å². The smallest absolute Gasteiger partial charge is 0.335 e. The molecule has 0 fully saturated rings. The number of nitrogens with zero attached hydrogens (tertiary/aromatic N) is 3. The number of anilines is 1. The quantitative estimate of drug-likeness (QED) is 0.425. The van der Waals surface area contributed by atoms with Gasteiger partial charge in [-0.2, -0.15) is 0 Å². The highest BCUT2D eigenvalue weighted by atomic mass is 32.2. The van der Waals surface area contributed by atoms with Crippen molar-refractivity contribution in [2.45, 2.75) is 31.6 Å². The average molecular weight is 454 g/mol. The maximum atomic E-state index is 12.4. The fourth-order valence-electron chi connectivity index (χ4n) is 3.02. The van der Waals surface area contributed by atoms with Gasteiger partial charge in [0, 0.05) is 17.8 Å². The number of carbonyl (C=O) groups excluding carboxylic acids is 2. The molecule has 0 saturated heterocycles. The van der Waals surface area contributed by atoms with Gasteiger partial charge in [0.15, 0.2) is 11.0 Å². The Balaban J connectivity index is 1.62. The summed E-state index contributed by atoms with van der Waals surface area (Å²) in [4.78, 5) is 35.8. The molecule has 1 atom stereocenters. The zero-order chi connectivity index (χ0) is 23.1. The highest BCUT2D eigenvalue weighted by molar-refractivity contribution is 7.99. The van der Waals surface area contributed by atoms with E-state index in [0.717, 1.165) is 0 Å². The fourth-order valence-corrected chi connectivity index (χ4v) is 3.82.